The van der Waals surface area contributed by atoms with E-state index in [2.05, 4.69) is 33.8 Å². The Kier molecular flexibility index (Phi) is 6.26. The van der Waals surface area contributed by atoms with Crippen molar-refractivity contribution in [2.24, 2.45) is 40.4 Å². The molecule has 0 aromatic heterocycles. The van der Waals surface area contributed by atoms with Crippen molar-refractivity contribution < 1.29 is 10.2 Å². The molecule has 0 heterocycles. The molecule has 178 valence electrons. The van der Waals surface area contributed by atoms with Gasteiger partial charge in [-0.05, 0) is 125 Å². The summed E-state index contributed by atoms with van der Waals surface area (Å²) in [6, 6.07) is 0. The average Bonchev–Trinajstić information content (AvgIpc) is 3.04. The van der Waals surface area contributed by atoms with E-state index in [0.717, 1.165) is 55.8 Å². The molecular formula is C29H50O2. The highest BCUT2D eigenvalue weighted by atomic mass is 16.3. The van der Waals surface area contributed by atoms with Crippen molar-refractivity contribution >= 4 is 0 Å². The van der Waals surface area contributed by atoms with E-state index in [1.54, 1.807) is 5.57 Å². The van der Waals surface area contributed by atoms with Gasteiger partial charge in [0.05, 0.1) is 11.2 Å². The second-order valence-corrected chi connectivity index (χ2v) is 13.4. The van der Waals surface area contributed by atoms with Crippen LogP contribution in [0.1, 0.15) is 119 Å². The number of hydrogen-bond acceptors (Lipinski definition) is 2. The first-order valence-electron chi connectivity index (χ1n) is 13.6. The second-order valence-electron chi connectivity index (χ2n) is 13.4. The molecule has 2 N–H and O–H groups in total. The minimum Gasteiger partial charge on any atom is -0.390 e. The van der Waals surface area contributed by atoms with Crippen molar-refractivity contribution in [1.82, 2.24) is 0 Å². The summed E-state index contributed by atoms with van der Waals surface area (Å²) >= 11 is 0. The maximum atomic E-state index is 10.7. The van der Waals surface area contributed by atoms with E-state index >= 15 is 0 Å². The number of fused-ring (bicyclic) bond motifs is 5. The summed E-state index contributed by atoms with van der Waals surface area (Å²) in [5.74, 6) is 4.06. The van der Waals surface area contributed by atoms with Gasteiger partial charge in [0.2, 0.25) is 0 Å². The van der Waals surface area contributed by atoms with Gasteiger partial charge in [-0.15, -0.1) is 0 Å². The summed E-state index contributed by atoms with van der Waals surface area (Å²) in [6.45, 7) is 13.9. The standard InChI is InChI=1S/C29H50O2/c1-7-14-26(3,30)15-12-20(2)23-10-11-24-22-9-8-21-19-27(4,31)17-18-28(21,5)25(22)13-16-29(23,24)6/h8,20,22-25,30-31H,7,9-19H2,1-6H3/t20-,22+,23-,24+,25+,26?,27+,28+,29-/m1/s1. The average molecular weight is 431 g/mol. The first-order chi connectivity index (χ1) is 14.4. The zero-order chi connectivity index (χ0) is 22.7. The van der Waals surface area contributed by atoms with Gasteiger partial charge >= 0.3 is 0 Å². The lowest BCUT2D eigenvalue weighted by atomic mass is 9.46. The lowest BCUT2D eigenvalue weighted by Crippen LogP contribution is -2.52. The second kappa shape index (κ2) is 8.15. The molecule has 0 amide bonds. The van der Waals surface area contributed by atoms with Crippen molar-refractivity contribution in [3.8, 4) is 0 Å². The molecule has 0 radical (unpaired) electrons. The van der Waals surface area contributed by atoms with Crippen LogP contribution < -0.4 is 0 Å². The van der Waals surface area contributed by atoms with Crippen molar-refractivity contribution in [1.29, 1.82) is 0 Å². The molecule has 4 rings (SSSR count). The predicted octanol–water partition coefficient (Wildman–Crippen LogP) is 7.28. The van der Waals surface area contributed by atoms with E-state index in [0.29, 0.717) is 16.7 Å². The molecule has 3 saturated carbocycles. The third-order valence-electron chi connectivity index (χ3n) is 11.1. The Morgan fingerprint density at radius 2 is 1.81 bits per heavy atom. The Balaban J connectivity index is 1.48. The van der Waals surface area contributed by atoms with E-state index in [-0.39, 0.29) is 0 Å². The lowest BCUT2D eigenvalue weighted by molar-refractivity contribution is -0.0715. The van der Waals surface area contributed by atoms with Gasteiger partial charge in [-0.25, -0.2) is 0 Å². The number of aliphatic hydroxyl groups is 2. The Labute approximate surface area is 192 Å². The highest BCUT2D eigenvalue weighted by Crippen LogP contribution is 2.67. The highest BCUT2D eigenvalue weighted by Gasteiger charge is 2.59. The van der Waals surface area contributed by atoms with Crippen LogP contribution in [0.4, 0.5) is 0 Å². The smallest absolute Gasteiger partial charge is 0.0657 e. The summed E-state index contributed by atoms with van der Waals surface area (Å²) in [7, 11) is 0. The summed E-state index contributed by atoms with van der Waals surface area (Å²) in [5.41, 5.74) is 1.41. The molecular weight excluding hydrogens is 380 g/mol. The van der Waals surface area contributed by atoms with Crippen LogP contribution in [0, 0.1) is 40.4 Å². The predicted molar refractivity (Wildman–Crippen MR) is 130 cm³/mol. The van der Waals surface area contributed by atoms with Gasteiger partial charge in [-0.2, -0.15) is 0 Å². The Morgan fingerprint density at radius 3 is 2.52 bits per heavy atom. The summed E-state index contributed by atoms with van der Waals surface area (Å²) in [5, 5.41) is 21.4. The number of rotatable bonds is 6. The van der Waals surface area contributed by atoms with E-state index in [9.17, 15) is 10.2 Å². The molecule has 1 unspecified atom stereocenters. The molecule has 0 aromatic carbocycles. The molecule has 4 aliphatic carbocycles. The lowest BCUT2D eigenvalue weighted by Gasteiger charge is -2.59. The highest BCUT2D eigenvalue weighted by molar-refractivity contribution is 5.26. The van der Waals surface area contributed by atoms with Gasteiger partial charge in [0.1, 0.15) is 0 Å². The fourth-order valence-electron chi connectivity index (χ4n) is 9.18. The number of allylic oxidation sites excluding steroid dienone is 1. The molecule has 0 spiro atoms. The van der Waals surface area contributed by atoms with Gasteiger partial charge < -0.3 is 10.2 Å². The molecule has 0 aromatic rings. The van der Waals surface area contributed by atoms with Crippen molar-refractivity contribution in [2.75, 3.05) is 0 Å². The Morgan fingerprint density at radius 1 is 1.06 bits per heavy atom. The zero-order valence-corrected chi connectivity index (χ0v) is 21.3. The molecule has 0 saturated heterocycles. The van der Waals surface area contributed by atoms with Crippen LogP contribution in [-0.4, -0.2) is 21.4 Å². The van der Waals surface area contributed by atoms with Crippen molar-refractivity contribution in [3.05, 3.63) is 11.6 Å². The summed E-state index contributed by atoms with van der Waals surface area (Å²) < 4.78 is 0. The van der Waals surface area contributed by atoms with Crippen LogP contribution in [0.3, 0.4) is 0 Å². The van der Waals surface area contributed by atoms with Crippen molar-refractivity contribution in [2.45, 2.75) is 130 Å². The van der Waals surface area contributed by atoms with Gasteiger partial charge in [0, 0.05) is 0 Å². The monoisotopic (exact) mass is 430 g/mol. The molecule has 9 atom stereocenters. The minimum absolute atomic E-state index is 0.328. The fourth-order valence-corrected chi connectivity index (χ4v) is 9.18. The van der Waals surface area contributed by atoms with Gasteiger partial charge in [0.25, 0.3) is 0 Å². The first kappa shape index (κ1) is 23.8. The quantitative estimate of drug-likeness (QED) is 0.434. The third-order valence-corrected chi connectivity index (χ3v) is 11.1. The largest absolute Gasteiger partial charge is 0.390 e. The van der Waals surface area contributed by atoms with Gasteiger partial charge in [-0.3, -0.25) is 0 Å². The molecule has 0 bridgehead atoms. The number of hydrogen-bond donors (Lipinski definition) is 2. The van der Waals surface area contributed by atoms with Crippen LogP contribution >= 0.6 is 0 Å². The molecule has 0 aliphatic heterocycles. The molecule has 31 heavy (non-hydrogen) atoms. The van der Waals surface area contributed by atoms with E-state index in [1.807, 2.05) is 13.8 Å². The maximum absolute atomic E-state index is 10.7. The fraction of sp³-hybridized carbons (Fsp3) is 0.931. The van der Waals surface area contributed by atoms with Gasteiger partial charge in [0.15, 0.2) is 0 Å². The van der Waals surface area contributed by atoms with E-state index in [4.69, 9.17) is 0 Å². The molecule has 2 nitrogen and oxygen atoms in total. The Hall–Kier alpha value is -0.340. The van der Waals surface area contributed by atoms with E-state index < -0.39 is 11.2 Å². The first-order valence-corrected chi connectivity index (χ1v) is 13.6. The van der Waals surface area contributed by atoms with Crippen LogP contribution in [0.2, 0.25) is 0 Å². The van der Waals surface area contributed by atoms with Crippen LogP contribution in [0.5, 0.6) is 0 Å². The third kappa shape index (κ3) is 4.18. The molecule has 3 fully saturated rings. The Bertz CT molecular complexity index is 691. The van der Waals surface area contributed by atoms with E-state index in [1.165, 1.54) is 44.9 Å². The van der Waals surface area contributed by atoms with Gasteiger partial charge in [-0.1, -0.05) is 45.8 Å². The van der Waals surface area contributed by atoms with Crippen LogP contribution in [0.15, 0.2) is 11.6 Å². The van der Waals surface area contributed by atoms with Crippen molar-refractivity contribution in [3.63, 3.8) is 0 Å². The molecule has 2 heteroatoms. The summed E-state index contributed by atoms with van der Waals surface area (Å²) in [6.07, 6.45) is 16.5. The zero-order valence-electron chi connectivity index (χ0n) is 21.3. The molecule has 4 aliphatic rings. The SMILES string of the molecule is CCCC(C)(O)CC[C@@H](C)[C@H]1CC[C@H]2[C@@H]3CC=C4C[C@@](C)(O)CC[C@]4(C)[C@H]3CC[C@]12C. The summed E-state index contributed by atoms with van der Waals surface area (Å²) in [4.78, 5) is 0. The van der Waals surface area contributed by atoms with Crippen LogP contribution in [-0.2, 0) is 0 Å². The minimum atomic E-state index is -0.492. The normalized spacial score (nSPS) is 47.5. The topological polar surface area (TPSA) is 40.5 Å². The maximum Gasteiger partial charge on any atom is 0.0657 e. The van der Waals surface area contributed by atoms with Crippen LogP contribution in [0.25, 0.3) is 0 Å².